The van der Waals surface area contributed by atoms with Crippen LogP contribution in [0.5, 0.6) is 0 Å². The lowest BCUT2D eigenvalue weighted by Gasteiger charge is -2.36. The summed E-state index contributed by atoms with van der Waals surface area (Å²) in [5.74, 6) is 0.613. The van der Waals surface area contributed by atoms with E-state index in [0.717, 1.165) is 0 Å². The first-order chi connectivity index (χ1) is 8.31. The van der Waals surface area contributed by atoms with Crippen LogP contribution in [-0.4, -0.2) is 7.05 Å². The molecule has 0 fully saturated rings. The Morgan fingerprint density at radius 1 is 1.35 bits per heavy atom. The molecule has 1 heterocycles. The summed E-state index contributed by atoms with van der Waals surface area (Å²) < 4.78 is 1.23. The Bertz CT molecular complexity index is 535. The minimum atomic E-state index is 0.422. The lowest BCUT2D eigenvalue weighted by Crippen LogP contribution is -2.31. The molecule has 1 aliphatic carbocycles. The summed E-state index contributed by atoms with van der Waals surface area (Å²) in [5.41, 5.74) is 4.39. The molecular formula is C14H14BrNS. The van der Waals surface area contributed by atoms with Gasteiger partial charge in [-0.15, -0.1) is 0 Å². The van der Waals surface area contributed by atoms with Gasteiger partial charge in [-0.05, 0) is 51.5 Å². The number of hydrogen-bond donors (Lipinski definition) is 1. The Labute approximate surface area is 114 Å². The van der Waals surface area contributed by atoms with Gasteiger partial charge in [0.25, 0.3) is 0 Å². The van der Waals surface area contributed by atoms with Crippen molar-refractivity contribution in [2.45, 2.75) is 18.4 Å². The summed E-state index contributed by atoms with van der Waals surface area (Å²) in [6.45, 7) is 0. The van der Waals surface area contributed by atoms with Crippen molar-refractivity contribution in [2.75, 3.05) is 7.05 Å². The molecule has 1 aliphatic rings. The van der Waals surface area contributed by atoms with E-state index in [4.69, 9.17) is 0 Å². The Kier molecular flexibility index (Phi) is 3.07. The summed E-state index contributed by atoms with van der Waals surface area (Å²) in [4.78, 5) is 0. The third-order valence-corrected chi connectivity index (χ3v) is 5.34. The molecule has 2 unspecified atom stereocenters. The molecule has 1 nitrogen and oxygen atoms in total. The Morgan fingerprint density at radius 2 is 2.18 bits per heavy atom. The molecule has 0 spiro atoms. The molecule has 3 rings (SSSR count). The molecule has 0 amide bonds. The molecule has 0 bridgehead atoms. The summed E-state index contributed by atoms with van der Waals surface area (Å²) in [6, 6.07) is 9.19. The van der Waals surface area contributed by atoms with E-state index < -0.39 is 0 Å². The van der Waals surface area contributed by atoms with Crippen LogP contribution in [0.4, 0.5) is 0 Å². The number of halogens is 1. The number of benzene rings is 1. The SMILES string of the molecule is CNC(c1cscc1Br)C1Cc2ccccc21. The second-order valence-electron chi connectivity index (χ2n) is 4.45. The second kappa shape index (κ2) is 4.56. The van der Waals surface area contributed by atoms with Gasteiger partial charge in [-0.3, -0.25) is 0 Å². The standard InChI is InChI=1S/C14H14BrNS/c1-16-14(12-7-17-8-13(12)15)11-6-9-4-2-3-5-10(9)11/h2-5,7-8,11,14,16H,6H2,1H3. The lowest BCUT2D eigenvalue weighted by atomic mass is 9.72. The summed E-state index contributed by atoms with van der Waals surface area (Å²) in [6.07, 6.45) is 1.18. The van der Waals surface area contributed by atoms with Crippen molar-refractivity contribution in [1.29, 1.82) is 0 Å². The molecule has 0 aliphatic heterocycles. The van der Waals surface area contributed by atoms with Crippen LogP contribution in [0.3, 0.4) is 0 Å². The van der Waals surface area contributed by atoms with Crippen LogP contribution in [-0.2, 0) is 6.42 Å². The van der Waals surface area contributed by atoms with Gasteiger partial charge in [0, 0.05) is 21.8 Å². The number of likely N-dealkylation sites (N-methyl/N-ethyl adjacent to an activating group) is 1. The highest BCUT2D eigenvalue weighted by molar-refractivity contribution is 9.10. The van der Waals surface area contributed by atoms with Crippen LogP contribution in [0.1, 0.15) is 28.7 Å². The normalized spacial score (nSPS) is 19.5. The first kappa shape index (κ1) is 11.5. The van der Waals surface area contributed by atoms with Gasteiger partial charge in [0.05, 0.1) is 0 Å². The molecule has 1 aromatic heterocycles. The van der Waals surface area contributed by atoms with Crippen LogP contribution < -0.4 is 5.32 Å². The third-order valence-electron chi connectivity index (χ3n) is 3.59. The largest absolute Gasteiger partial charge is 0.312 e. The van der Waals surface area contributed by atoms with Crippen molar-refractivity contribution in [2.24, 2.45) is 0 Å². The van der Waals surface area contributed by atoms with Crippen molar-refractivity contribution in [3.8, 4) is 0 Å². The topological polar surface area (TPSA) is 12.0 Å². The van der Waals surface area contributed by atoms with E-state index in [9.17, 15) is 0 Å². The number of thiophene rings is 1. The molecular weight excluding hydrogens is 294 g/mol. The Morgan fingerprint density at radius 3 is 2.82 bits per heavy atom. The molecule has 3 heteroatoms. The van der Waals surface area contributed by atoms with E-state index in [2.05, 4.69) is 63.3 Å². The molecule has 1 aromatic carbocycles. The number of nitrogens with one attached hydrogen (secondary N) is 1. The van der Waals surface area contributed by atoms with E-state index in [1.807, 2.05) is 0 Å². The van der Waals surface area contributed by atoms with Gasteiger partial charge in [-0.1, -0.05) is 24.3 Å². The Hall–Kier alpha value is -0.640. The molecule has 1 N–H and O–H groups in total. The number of fused-ring (bicyclic) bond motifs is 1. The van der Waals surface area contributed by atoms with Crippen molar-refractivity contribution in [3.63, 3.8) is 0 Å². The average Bonchev–Trinajstić information content (AvgIpc) is 2.72. The number of rotatable bonds is 3. The lowest BCUT2D eigenvalue weighted by molar-refractivity contribution is 0.438. The van der Waals surface area contributed by atoms with Gasteiger partial charge in [0.15, 0.2) is 0 Å². The van der Waals surface area contributed by atoms with E-state index in [1.165, 1.54) is 27.6 Å². The highest BCUT2D eigenvalue weighted by Crippen LogP contribution is 2.45. The average molecular weight is 308 g/mol. The van der Waals surface area contributed by atoms with E-state index >= 15 is 0 Å². The first-order valence-electron chi connectivity index (χ1n) is 5.78. The van der Waals surface area contributed by atoms with Gasteiger partial charge in [-0.25, -0.2) is 0 Å². The second-order valence-corrected chi connectivity index (χ2v) is 6.05. The fourth-order valence-electron chi connectivity index (χ4n) is 2.68. The molecule has 0 radical (unpaired) electrons. The van der Waals surface area contributed by atoms with Crippen LogP contribution >= 0.6 is 27.3 Å². The van der Waals surface area contributed by atoms with Crippen LogP contribution in [0.2, 0.25) is 0 Å². The summed E-state index contributed by atoms with van der Waals surface area (Å²) in [5, 5.41) is 7.86. The monoisotopic (exact) mass is 307 g/mol. The van der Waals surface area contributed by atoms with Gasteiger partial charge >= 0.3 is 0 Å². The van der Waals surface area contributed by atoms with Crippen molar-refractivity contribution in [1.82, 2.24) is 5.32 Å². The number of hydrogen-bond acceptors (Lipinski definition) is 2. The zero-order valence-corrected chi connectivity index (χ0v) is 12.0. The molecule has 88 valence electrons. The van der Waals surface area contributed by atoms with Gasteiger partial charge in [0.1, 0.15) is 0 Å². The van der Waals surface area contributed by atoms with Gasteiger partial charge in [0.2, 0.25) is 0 Å². The smallest absolute Gasteiger partial charge is 0.0410 e. The minimum Gasteiger partial charge on any atom is -0.312 e. The quantitative estimate of drug-likeness (QED) is 0.900. The first-order valence-corrected chi connectivity index (χ1v) is 7.51. The zero-order valence-electron chi connectivity index (χ0n) is 9.61. The summed E-state index contributed by atoms with van der Waals surface area (Å²) in [7, 11) is 2.05. The minimum absolute atomic E-state index is 0.422. The van der Waals surface area contributed by atoms with Crippen molar-refractivity contribution < 1.29 is 0 Å². The van der Waals surface area contributed by atoms with Crippen LogP contribution in [0.15, 0.2) is 39.5 Å². The zero-order chi connectivity index (χ0) is 11.8. The fraction of sp³-hybridized carbons (Fsp3) is 0.286. The van der Waals surface area contributed by atoms with Crippen LogP contribution in [0.25, 0.3) is 0 Å². The molecule has 2 aromatic rings. The summed E-state index contributed by atoms with van der Waals surface area (Å²) >= 11 is 5.40. The van der Waals surface area contributed by atoms with Crippen molar-refractivity contribution in [3.05, 3.63) is 56.2 Å². The third kappa shape index (κ3) is 1.86. The van der Waals surface area contributed by atoms with Gasteiger partial charge < -0.3 is 5.32 Å². The predicted molar refractivity (Wildman–Crippen MR) is 76.7 cm³/mol. The van der Waals surface area contributed by atoms with Crippen LogP contribution in [0, 0.1) is 0 Å². The molecule has 17 heavy (non-hydrogen) atoms. The fourth-order valence-corrected chi connectivity index (χ4v) is 4.26. The van der Waals surface area contributed by atoms with Crippen molar-refractivity contribution >= 4 is 27.3 Å². The predicted octanol–water partition coefficient (Wildman–Crippen LogP) is 4.11. The Balaban J connectivity index is 1.93. The maximum atomic E-state index is 3.64. The van der Waals surface area contributed by atoms with E-state index in [0.29, 0.717) is 12.0 Å². The maximum absolute atomic E-state index is 3.64. The molecule has 0 saturated carbocycles. The molecule has 2 atom stereocenters. The molecule has 0 saturated heterocycles. The van der Waals surface area contributed by atoms with Gasteiger partial charge in [-0.2, -0.15) is 11.3 Å². The highest BCUT2D eigenvalue weighted by Gasteiger charge is 2.33. The highest BCUT2D eigenvalue weighted by atomic mass is 79.9. The van der Waals surface area contributed by atoms with E-state index in [-0.39, 0.29) is 0 Å². The maximum Gasteiger partial charge on any atom is 0.0410 e. The van der Waals surface area contributed by atoms with E-state index in [1.54, 1.807) is 11.3 Å².